The molecule has 0 fully saturated rings. The number of anilines is 5. The number of methoxy groups -OCH3 is 1. The molecule has 0 unspecified atom stereocenters. The molecule has 0 bridgehead atoms. The maximum atomic E-state index is 15.1. The van der Waals surface area contributed by atoms with Crippen molar-refractivity contribution in [3.63, 3.8) is 0 Å². The summed E-state index contributed by atoms with van der Waals surface area (Å²) in [5.74, 6) is -2.73. The van der Waals surface area contributed by atoms with E-state index in [1.807, 2.05) is 6.92 Å². The lowest BCUT2D eigenvalue weighted by Crippen LogP contribution is -2.36. The number of carbonyl (C=O) groups excluding carboxylic acids is 2. The molecule has 0 aliphatic carbocycles. The number of hydrogen-bond acceptors (Lipinski definition) is 10. The van der Waals surface area contributed by atoms with Crippen molar-refractivity contribution in [1.29, 1.82) is 0 Å². The van der Waals surface area contributed by atoms with Gasteiger partial charge in [-0.1, -0.05) is 17.7 Å². The number of hydrogen-bond donors (Lipinski definition) is 3. The lowest BCUT2D eigenvalue weighted by atomic mass is 10.1. The molecule has 3 N–H and O–H groups in total. The molecule has 16 heteroatoms. The Labute approximate surface area is 293 Å². The number of carbonyl (C=O) groups is 2. The number of nitrogens with one attached hydrogen (secondary N) is 3. The van der Waals surface area contributed by atoms with Gasteiger partial charge < -0.3 is 30.5 Å². The van der Waals surface area contributed by atoms with E-state index in [2.05, 4.69) is 25.9 Å². The number of rotatable bonds is 11. The summed E-state index contributed by atoms with van der Waals surface area (Å²) in [6.45, 7) is 4.35. The van der Waals surface area contributed by atoms with Gasteiger partial charge in [-0.25, -0.2) is 21.2 Å². The topological polar surface area (TPSA) is 151 Å². The van der Waals surface area contributed by atoms with E-state index in [0.717, 1.165) is 21.2 Å². The first-order chi connectivity index (χ1) is 24.3. The maximum Gasteiger partial charge on any atom is 0.269 e. The Morgan fingerprint density at radius 2 is 1.75 bits per heavy atom. The molecule has 2 amide bonds. The first-order valence-corrected chi connectivity index (χ1v) is 17.4. The minimum atomic E-state index is -4.19. The van der Waals surface area contributed by atoms with Crippen molar-refractivity contribution in [2.24, 2.45) is 0 Å². The van der Waals surface area contributed by atoms with Crippen LogP contribution in [-0.4, -0.2) is 79.9 Å². The predicted molar refractivity (Wildman–Crippen MR) is 190 cm³/mol. The van der Waals surface area contributed by atoms with Gasteiger partial charge in [-0.15, -0.1) is 0 Å². The zero-order chi connectivity index (χ0) is 36.6. The van der Waals surface area contributed by atoms with Crippen LogP contribution in [0.15, 0.2) is 65.7 Å². The highest BCUT2D eigenvalue weighted by Gasteiger charge is 2.28. The standard InChI is InChI=1S/C35H36F2N8O5S/c1-6-38-34(47)31-25(37)16-22(36)17-27(31)39-32-24-12-14-45(51(48,49)23-9-7-20(2)8-10-23)33(24)42-35(41-32)40-26-18-28-21(15-29(26)50-5)11-13-44(28)30(46)19-43(3)4/h7-10,12,14-18H,6,11,13,19H2,1-5H3,(H,38,47)(H2,39,40,41,42). The molecule has 1 aliphatic heterocycles. The molecule has 3 aromatic carbocycles. The van der Waals surface area contributed by atoms with Crippen molar-refractivity contribution >= 4 is 61.7 Å². The van der Waals surface area contributed by atoms with Gasteiger partial charge in [0, 0.05) is 31.0 Å². The number of nitrogens with zero attached hydrogens (tertiary/aromatic N) is 5. The van der Waals surface area contributed by atoms with Gasteiger partial charge in [0.1, 0.15) is 23.2 Å². The van der Waals surface area contributed by atoms with Crippen LogP contribution >= 0.6 is 0 Å². The Morgan fingerprint density at radius 1 is 1.00 bits per heavy atom. The van der Waals surface area contributed by atoms with Gasteiger partial charge in [0.25, 0.3) is 15.9 Å². The first-order valence-electron chi connectivity index (χ1n) is 16.0. The number of amides is 2. The highest BCUT2D eigenvalue weighted by molar-refractivity contribution is 7.90. The van der Waals surface area contributed by atoms with Crippen LogP contribution in [0.2, 0.25) is 0 Å². The van der Waals surface area contributed by atoms with E-state index in [1.165, 1.54) is 31.5 Å². The third-order valence-electron chi connectivity index (χ3n) is 8.26. The molecule has 0 saturated carbocycles. The van der Waals surface area contributed by atoms with Gasteiger partial charge in [0.05, 0.1) is 40.9 Å². The number of fused-ring (bicyclic) bond motifs is 2. The van der Waals surface area contributed by atoms with Crippen molar-refractivity contribution in [1.82, 2.24) is 24.2 Å². The average molecular weight is 719 g/mol. The Hall–Kier alpha value is -5.61. The van der Waals surface area contributed by atoms with Crippen LogP contribution in [0, 0.1) is 18.6 Å². The second kappa shape index (κ2) is 14.0. The maximum absolute atomic E-state index is 15.1. The van der Waals surface area contributed by atoms with Gasteiger partial charge in [-0.3, -0.25) is 9.59 Å². The Balaban J connectivity index is 1.51. The van der Waals surface area contributed by atoms with E-state index in [1.54, 1.807) is 55.1 Å². The van der Waals surface area contributed by atoms with Gasteiger partial charge in [-0.05, 0) is 76.3 Å². The normalized spacial score (nSPS) is 12.7. The number of aromatic nitrogens is 3. The fraction of sp³-hybridized carbons (Fsp3) is 0.257. The molecular weight excluding hydrogens is 682 g/mol. The number of likely N-dealkylation sites (N-methyl/N-ethyl adjacent to an activating group) is 1. The molecular formula is C35H36F2N8O5S. The van der Waals surface area contributed by atoms with E-state index >= 15 is 4.39 Å². The minimum absolute atomic E-state index is 0.00160. The smallest absolute Gasteiger partial charge is 0.269 e. The van der Waals surface area contributed by atoms with Crippen LogP contribution < -0.4 is 25.6 Å². The van der Waals surface area contributed by atoms with Gasteiger partial charge in [0.2, 0.25) is 11.9 Å². The SMILES string of the molecule is CCNC(=O)c1c(F)cc(F)cc1Nc1nc(Nc2cc3c(cc2OC)CCN3C(=O)CN(C)C)nc2c1ccn2S(=O)(=O)c1ccc(C)cc1. The number of ether oxygens (including phenoxy) is 1. The Kier molecular flexibility index (Phi) is 9.64. The number of benzene rings is 3. The number of aryl methyl sites for hydroxylation is 1. The molecule has 266 valence electrons. The Morgan fingerprint density at radius 3 is 2.43 bits per heavy atom. The highest BCUT2D eigenvalue weighted by Crippen LogP contribution is 2.39. The lowest BCUT2D eigenvalue weighted by Gasteiger charge is -2.21. The fourth-order valence-corrected chi connectivity index (χ4v) is 7.15. The highest BCUT2D eigenvalue weighted by atomic mass is 32.2. The van der Waals surface area contributed by atoms with Crippen molar-refractivity contribution < 1.29 is 31.5 Å². The average Bonchev–Trinajstić information content (AvgIpc) is 3.69. The van der Waals surface area contributed by atoms with Crippen LogP contribution in [-0.2, 0) is 21.2 Å². The van der Waals surface area contributed by atoms with Crippen LogP contribution in [0.4, 0.5) is 37.6 Å². The molecule has 0 saturated heterocycles. The van der Waals surface area contributed by atoms with Crippen LogP contribution in [0.25, 0.3) is 11.0 Å². The van der Waals surface area contributed by atoms with Crippen molar-refractivity contribution in [2.75, 3.05) is 56.4 Å². The van der Waals surface area contributed by atoms with E-state index in [9.17, 15) is 22.4 Å². The summed E-state index contributed by atoms with van der Waals surface area (Å²) in [7, 11) is 0.900. The van der Waals surface area contributed by atoms with Crippen LogP contribution in [0.1, 0.15) is 28.4 Å². The summed E-state index contributed by atoms with van der Waals surface area (Å²) in [5, 5.41) is 8.64. The molecule has 2 aromatic heterocycles. The molecule has 51 heavy (non-hydrogen) atoms. The molecule has 0 radical (unpaired) electrons. The second-order valence-corrected chi connectivity index (χ2v) is 14.0. The van der Waals surface area contributed by atoms with Crippen LogP contribution in [0.5, 0.6) is 5.75 Å². The second-order valence-electron chi connectivity index (χ2n) is 12.2. The van der Waals surface area contributed by atoms with Crippen LogP contribution in [0.3, 0.4) is 0 Å². The van der Waals surface area contributed by atoms with Gasteiger partial charge >= 0.3 is 0 Å². The zero-order valence-corrected chi connectivity index (χ0v) is 29.4. The molecule has 0 atom stereocenters. The third kappa shape index (κ3) is 6.92. The lowest BCUT2D eigenvalue weighted by molar-refractivity contribution is -0.119. The minimum Gasteiger partial charge on any atom is -0.495 e. The van der Waals surface area contributed by atoms with Crippen molar-refractivity contribution in [3.8, 4) is 5.75 Å². The summed E-state index contributed by atoms with van der Waals surface area (Å²) in [6, 6.07) is 12.8. The Bertz CT molecular complexity index is 2280. The summed E-state index contributed by atoms with van der Waals surface area (Å²) in [5.41, 5.74) is 2.00. The number of halogens is 2. The van der Waals surface area contributed by atoms with E-state index < -0.39 is 33.1 Å². The van der Waals surface area contributed by atoms with E-state index in [-0.39, 0.29) is 52.4 Å². The molecule has 13 nitrogen and oxygen atoms in total. The molecule has 0 spiro atoms. The quantitative estimate of drug-likeness (QED) is 0.171. The fourth-order valence-electron chi connectivity index (χ4n) is 5.86. The monoisotopic (exact) mass is 718 g/mol. The molecule has 1 aliphatic rings. The van der Waals surface area contributed by atoms with Crippen molar-refractivity contribution in [3.05, 3.63) is 89.1 Å². The largest absolute Gasteiger partial charge is 0.495 e. The van der Waals surface area contributed by atoms with Gasteiger partial charge in [0.15, 0.2) is 5.65 Å². The zero-order valence-electron chi connectivity index (χ0n) is 28.5. The summed E-state index contributed by atoms with van der Waals surface area (Å²) >= 11 is 0. The molecule has 6 rings (SSSR count). The molecule has 5 aromatic rings. The molecule has 3 heterocycles. The summed E-state index contributed by atoms with van der Waals surface area (Å²) in [6.07, 6.45) is 1.91. The summed E-state index contributed by atoms with van der Waals surface area (Å²) in [4.78, 5) is 38.6. The first kappa shape index (κ1) is 35.2. The van der Waals surface area contributed by atoms with Crippen molar-refractivity contribution in [2.45, 2.75) is 25.2 Å². The predicted octanol–water partition coefficient (Wildman–Crippen LogP) is 4.95. The van der Waals surface area contributed by atoms with Gasteiger partial charge in [-0.2, -0.15) is 9.97 Å². The summed E-state index contributed by atoms with van der Waals surface area (Å²) < 4.78 is 64.1. The third-order valence-corrected chi connectivity index (χ3v) is 9.94. The van der Waals surface area contributed by atoms with E-state index in [4.69, 9.17) is 4.74 Å². The van der Waals surface area contributed by atoms with E-state index in [0.29, 0.717) is 36.2 Å².